The lowest BCUT2D eigenvalue weighted by molar-refractivity contribution is 0.477. The fourth-order valence-electron chi connectivity index (χ4n) is 6.47. The molecule has 0 aliphatic carbocycles. The van der Waals surface area contributed by atoms with Crippen LogP contribution >= 0.6 is 11.3 Å². The Balaban J connectivity index is 1.12. The summed E-state index contributed by atoms with van der Waals surface area (Å²) in [5.41, 5.74) is 8.72. The number of fused-ring (bicyclic) bond motifs is 5. The zero-order chi connectivity index (χ0) is 30.5. The minimum Gasteiger partial charge on any atom is -0.453 e. The van der Waals surface area contributed by atoms with Crippen LogP contribution in [0.5, 0.6) is 11.5 Å². The number of rotatable bonds is 5. The summed E-state index contributed by atoms with van der Waals surface area (Å²) in [5, 5.41) is 2.63. The first-order chi connectivity index (χ1) is 22.8. The van der Waals surface area contributed by atoms with Gasteiger partial charge in [-0.05, 0) is 90.0 Å². The minimum atomic E-state index is 0.814. The van der Waals surface area contributed by atoms with E-state index in [1.807, 2.05) is 29.5 Å². The largest absolute Gasteiger partial charge is 0.453 e. The van der Waals surface area contributed by atoms with Gasteiger partial charge in [0.25, 0.3) is 0 Å². The number of hydrogen-bond acceptors (Lipinski definition) is 4. The van der Waals surface area contributed by atoms with Crippen LogP contribution in [0, 0.1) is 0 Å². The number of hydrogen-bond donors (Lipinski definition) is 0. The average Bonchev–Trinajstić information content (AvgIpc) is 3.50. The van der Waals surface area contributed by atoms with E-state index in [0.29, 0.717) is 0 Å². The summed E-state index contributed by atoms with van der Waals surface area (Å²) >= 11 is 1.85. The van der Waals surface area contributed by atoms with Crippen molar-refractivity contribution in [3.63, 3.8) is 0 Å². The van der Waals surface area contributed by atoms with E-state index in [0.717, 1.165) is 45.6 Å². The number of thiophene rings is 1. The van der Waals surface area contributed by atoms with Gasteiger partial charge in [-0.1, -0.05) is 84.9 Å². The number of benzene rings is 7. The zero-order valence-electron chi connectivity index (χ0n) is 24.9. The van der Waals surface area contributed by atoms with Gasteiger partial charge in [-0.2, -0.15) is 0 Å². The molecule has 3 nitrogen and oxygen atoms in total. The lowest BCUT2D eigenvalue weighted by Crippen LogP contribution is -2.16. The van der Waals surface area contributed by atoms with Gasteiger partial charge in [0.05, 0.1) is 11.4 Å². The van der Waals surface area contributed by atoms with Crippen molar-refractivity contribution < 1.29 is 4.74 Å². The van der Waals surface area contributed by atoms with Crippen LogP contribution in [0.3, 0.4) is 0 Å². The number of ether oxygens (including phenoxy) is 1. The molecule has 2 heterocycles. The third kappa shape index (κ3) is 4.50. The van der Waals surface area contributed by atoms with E-state index in [1.165, 1.54) is 31.3 Å². The third-order valence-corrected chi connectivity index (χ3v) is 9.78. The summed E-state index contributed by atoms with van der Waals surface area (Å²) in [6.45, 7) is 0. The molecule has 218 valence electrons. The van der Waals surface area contributed by atoms with Crippen LogP contribution in [0.4, 0.5) is 34.1 Å². The van der Waals surface area contributed by atoms with Crippen LogP contribution < -0.4 is 14.5 Å². The molecule has 0 radical (unpaired) electrons. The van der Waals surface area contributed by atoms with Crippen molar-refractivity contribution >= 4 is 65.6 Å². The Kier molecular flexibility index (Phi) is 6.32. The summed E-state index contributed by atoms with van der Waals surface area (Å²) in [5.74, 6) is 1.65. The molecule has 0 amide bonds. The smallest absolute Gasteiger partial charge is 0.153 e. The molecular formula is C42H28N2OS. The van der Waals surface area contributed by atoms with E-state index in [4.69, 9.17) is 4.74 Å². The van der Waals surface area contributed by atoms with Gasteiger partial charge in [0.1, 0.15) is 0 Å². The molecule has 7 aromatic carbocycles. The van der Waals surface area contributed by atoms with Crippen molar-refractivity contribution in [1.82, 2.24) is 0 Å². The van der Waals surface area contributed by atoms with E-state index in [9.17, 15) is 0 Å². The highest BCUT2D eigenvalue weighted by atomic mass is 32.1. The molecule has 1 aromatic heterocycles. The summed E-state index contributed by atoms with van der Waals surface area (Å²) in [6.07, 6.45) is 0. The van der Waals surface area contributed by atoms with E-state index in [-0.39, 0.29) is 0 Å². The lowest BCUT2D eigenvalue weighted by atomic mass is 10.0. The van der Waals surface area contributed by atoms with Crippen molar-refractivity contribution in [3.8, 4) is 22.6 Å². The van der Waals surface area contributed by atoms with Gasteiger partial charge in [0.2, 0.25) is 0 Å². The quantitative estimate of drug-likeness (QED) is 0.193. The fraction of sp³-hybridized carbons (Fsp3) is 0. The molecule has 0 spiro atoms. The average molecular weight is 609 g/mol. The number of nitrogens with zero attached hydrogens (tertiary/aromatic N) is 2. The van der Waals surface area contributed by atoms with Gasteiger partial charge >= 0.3 is 0 Å². The van der Waals surface area contributed by atoms with Crippen molar-refractivity contribution in [3.05, 3.63) is 170 Å². The van der Waals surface area contributed by atoms with Gasteiger partial charge in [-0.3, -0.25) is 0 Å². The molecule has 9 rings (SSSR count). The van der Waals surface area contributed by atoms with Crippen molar-refractivity contribution in [1.29, 1.82) is 0 Å². The lowest BCUT2D eigenvalue weighted by Gasteiger charge is -2.34. The van der Waals surface area contributed by atoms with Crippen molar-refractivity contribution in [2.24, 2.45) is 0 Å². The molecule has 0 saturated heterocycles. The maximum atomic E-state index is 6.56. The molecule has 0 atom stereocenters. The molecule has 0 saturated carbocycles. The highest BCUT2D eigenvalue weighted by Crippen LogP contribution is 2.52. The fourth-order valence-corrected chi connectivity index (χ4v) is 7.56. The van der Waals surface area contributed by atoms with E-state index in [2.05, 4.69) is 161 Å². The maximum Gasteiger partial charge on any atom is 0.153 e. The normalized spacial score (nSPS) is 12.0. The van der Waals surface area contributed by atoms with E-state index in [1.54, 1.807) is 0 Å². The maximum absolute atomic E-state index is 6.56. The first-order valence-electron chi connectivity index (χ1n) is 15.4. The van der Waals surface area contributed by atoms with Crippen LogP contribution in [-0.4, -0.2) is 0 Å². The van der Waals surface area contributed by atoms with E-state index < -0.39 is 0 Å². The Morgan fingerprint density at radius 2 is 1.07 bits per heavy atom. The van der Waals surface area contributed by atoms with Crippen LogP contribution in [-0.2, 0) is 0 Å². The van der Waals surface area contributed by atoms with Gasteiger partial charge in [0.15, 0.2) is 11.5 Å². The predicted molar refractivity (Wildman–Crippen MR) is 194 cm³/mol. The highest BCUT2D eigenvalue weighted by molar-refractivity contribution is 7.25. The topological polar surface area (TPSA) is 15.7 Å². The second-order valence-electron chi connectivity index (χ2n) is 11.4. The predicted octanol–water partition coefficient (Wildman–Crippen LogP) is 12.8. The molecule has 1 aliphatic heterocycles. The third-order valence-electron chi connectivity index (χ3n) is 8.63. The summed E-state index contributed by atoms with van der Waals surface area (Å²) < 4.78 is 9.21. The molecule has 0 N–H and O–H groups in total. The van der Waals surface area contributed by atoms with Crippen molar-refractivity contribution in [2.75, 3.05) is 9.80 Å². The Morgan fingerprint density at radius 1 is 0.435 bits per heavy atom. The standard InChI is InChI=1S/C42H28N2OS/c1-3-11-31(12-4-1)43(33-22-19-29(20-23-33)30-21-26-42-36(27-30)35-15-7-10-18-41(35)46-42)34-24-25-38-40(28-34)45-39-17-9-8-16-37(39)44(38)32-13-5-2-6-14-32/h1-28H. The molecule has 46 heavy (non-hydrogen) atoms. The molecule has 8 aromatic rings. The first-order valence-corrected chi connectivity index (χ1v) is 16.2. The molecular weight excluding hydrogens is 581 g/mol. The van der Waals surface area contributed by atoms with Crippen LogP contribution in [0.2, 0.25) is 0 Å². The van der Waals surface area contributed by atoms with Crippen molar-refractivity contribution in [2.45, 2.75) is 0 Å². The molecule has 4 heteroatoms. The summed E-state index contributed by atoms with van der Waals surface area (Å²) in [4.78, 5) is 4.56. The van der Waals surface area contributed by atoms with Gasteiger partial charge in [0, 0.05) is 49.0 Å². The Bertz CT molecular complexity index is 2350. The van der Waals surface area contributed by atoms with Gasteiger partial charge in [-0.15, -0.1) is 11.3 Å². The first kappa shape index (κ1) is 26.6. The zero-order valence-corrected chi connectivity index (χ0v) is 25.7. The highest BCUT2D eigenvalue weighted by Gasteiger charge is 2.27. The summed E-state index contributed by atoms with van der Waals surface area (Å²) in [7, 11) is 0. The van der Waals surface area contributed by atoms with Gasteiger partial charge < -0.3 is 14.5 Å². The second kappa shape index (κ2) is 11.0. The van der Waals surface area contributed by atoms with Gasteiger partial charge in [-0.25, -0.2) is 0 Å². The van der Waals surface area contributed by atoms with Crippen LogP contribution in [0.25, 0.3) is 31.3 Å². The molecule has 0 unspecified atom stereocenters. The molecule has 1 aliphatic rings. The SMILES string of the molecule is c1ccc(N(c2ccc(-c3ccc4sc5ccccc5c4c3)cc2)c2ccc3c(c2)Oc2ccccc2N3c2ccccc2)cc1. The van der Waals surface area contributed by atoms with Crippen LogP contribution in [0.1, 0.15) is 0 Å². The monoisotopic (exact) mass is 608 g/mol. The molecule has 0 bridgehead atoms. The second-order valence-corrected chi connectivity index (χ2v) is 12.5. The van der Waals surface area contributed by atoms with E-state index >= 15 is 0 Å². The summed E-state index contributed by atoms with van der Waals surface area (Å²) in [6, 6.07) is 60.0. The Labute approximate surface area is 271 Å². The van der Waals surface area contributed by atoms with Crippen LogP contribution in [0.15, 0.2) is 170 Å². The minimum absolute atomic E-state index is 0.814. The Hall–Kier alpha value is -5.84. The number of para-hydroxylation sites is 4. The Morgan fingerprint density at radius 3 is 1.91 bits per heavy atom. The number of anilines is 6. The molecule has 0 fully saturated rings.